The molecule has 1 radical (unpaired) electrons. The zero-order valence-electron chi connectivity index (χ0n) is 6.78. The van der Waals surface area contributed by atoms with Crippen LogP contribution in [0, 0.1) is 0 Å². The van der Waals surface area contributed by atoms with Gasteiger partial charge < -0.3 is 0 Å². The maximum absolute atomic E-state index is 2.34. The van der Waals surface area contributed by atoms with E-state index in [0.29, 0.717) is 0 Å². The molecule has 0 aromatic rings. The average molecular weight is 131 g/mol. The average Bonchev–Trinajstić information content (AvgIpc) is 1.98. The van der Waals surface area contributed by atoms with E-state index in [-0.39, 0.29) is 18.9 Å². The van der Waals surface area contributed by atoms with E-state index < -0.39 is 0 Å². The van der Waals surface area contributed by atoms with E-state index in [4.69, 9.17) is 0 Å². The fourth-order valence-corrected chi connectivity index (χ4v) is 1.58. The summed E-state index contributed by atoms with van der Waals surface area (Å²) in [7, 11) is 1.23. The minimum absolute atomic E-state index is 0. The number of hydrogen-bond acceptors (Lipinski definition) is 0. The molecule has 0 unspecified atom stereocenters. The fraction of sp³-hybridized carbons (Fsp3) is 0.429. The molecule has 0 nitrogen and oxygen atoms in total. The molecule has 0 atom stereocenters. The molecule has 1 rings (SSSR count). The van der Waals surface area contributed by atoms with E-state index in [1.807, 2.05) is 0 Å². The Hall–Kier alpha value is 0.294. The summed E-state index contributed by atoms with van der Waals surface area (Å²) in [5.41, 5.74) is 3.12. The van der Waals surface area contributed by atoms with Gasteiger partial charge >= 0.3 is 0 Å². The molecule has 9 heavy (non-hydrogen) atoms. The van der Waals surface area contributed by atoms with Crippen molar-refractivity contribution >= 4 is 29.1 Å². The molecule has 0 saturated carbocycles. The van der Waals surface area contributed by atoms with Crippen molar-refractivity contribution < 1.29 is 0 Å². The van der Waals surface area contributed by atoms with Crippen LogP contribution < -0.4 is 0 Å². The van der Waals surface area contributed by atoms with Crippen molar-refractivity contribution in [3.8, 4) is 0 Å². The van der Waals surface area contributed by atoms with Gasteiger partial charge in [0.1, 0.15) is 0 Å². The third-order valence-electron chi connectivity index (χ3n) is 1.95. The Morgan fingerprint density at radius 2 is 2.00 bits per heavy atom. The molecule has 0 heterocycles. The zero-order valence-corrected chi connectivity index (χ0v) is 8.78. The summed E-state index contributed by atoms with van der Waals surface area (Å²) in [6.45, 7) is 4.44. The van der Waals surface area contributed by atoms with E-state index in [0.717, 1.165) is 0 Å². The van der Waals surface area contributed by atoms with Crippen LogP contribution in [0.4, 0.5) is 0 Å². The van der Waals surface area contributed by atoms with Crippen molar-refractivity contribution in [2.75, 3.05) is 0 Å². The molecule has 0 saturated heterocycles. The Morgan fingerprint density at radius 1 is 1.44 bits per heavy atom. The monoisotopic (exact) mass is 131 g/mol. The van der Waals surface area contributed by atoms with Gasteiger partial charge in [-0.15, -0.1) is 0 Å². The van der Waals surface area contributed by atoms with Crippen LogP contribution in [0.2, 0.25) is 0 Å². The first-order valence-corrected chi connectivity index (χ1v) is 4.05. The second-order valence-corrected chi connectivity index (χ2v) is 3.57. The molecule has 0 amide bonds. The Kier molecular flexibility index (Phi) is 3.57. The fourth-order valence-electron chi connectivity index (χ4n) is 0.949. The quantitative estimate of drug-likeness (QED) is 0.422. The van der Waals surface area contributed by atoms with Crippen LogP contribution in [0.15, 0.2) is 22.4 Å². The second-order valence-electron chi connectivity index (χ2n) is 2.50. The first kappa shape index (κ1) is 9.29. The molecule has 0 spiro atoms. The number of allylic oxidation sites excluding steroid dienone is 4. The smallest absolute Gasteiger partial charge is 0.0384 e. The first-order chi connectivity index (χ1) is 3.72. The molecular weight excluding hydrogens is 119 g/mol. The standard InChI is InChI=1S/C7H12Si.Li/c1-5-3-4-7(8)6(5)2;/h4H,3H2,1-2,8H3;. The summed E-state index contributed by atoms with van der Waals surface area (Å²) < 4.78 is 0. The Labute approximate surface area is 72.0 Å². The largest absolute Gasteiger partial charge is 0.0820 e. The molecule has 0 fully saturated rings. The van der Waals surface area contributed by atoms with E-state index in [2.05, 4.69) is 19.9 Å². The van der Waals surface area contributed by atoms with E-state index in [9.17, 15) is 0 Å². The van der Waals surface area contributed by atoms with Gasteiger partial charge in [-0.3, -0.25) is 0 Å². The molecule has 0 N–H and O–H groups in total. The summed E-state index contributed by atoms with van der Waals surface area (Å²) in [6, 6.07) is 0. The number of hydrogen-bond donors (Lipinski definition) is 0. The maximum Gasteiger partial charge on any atom is 0.0384 e. The van der Waals surface area contributed by atoms with Gasteiger partial charge in [0.2, 0.25) is 0 Å². The second kappa shape index (κ2) is 3.46. The minimum atomic E-state index is 0. The van der Waals surface area contributed by atoms with Gasteiger partial charge in [0.25, 0.3) is 0 Å². The topological polar surface area (TPSA) is 0 Å². The molecule has 2 heteroatoms. The Morgan fingerprint density at radius 3 is 2.11 bits per heavy atom. The molecule has 0 aromatic heterocycles. The zero-order chi connectivity index (χ0) is 6.15. The van der Waals surface area contributed by atoms with Crippen molar-refractivity contribution in [1.82, 2.24) is 0 Å². The van der Waals surface area contributed by atoms with Gasteiger partial charge in [-0.1, -0.05) is 22.4 Å². The summed E-state index contributed by atoms with van der Waals surface area (Å²) in [5.74, 6) is 0. The van der Waals surface area contributed by atoms with Crippen LogP contribution in [0.1, 0.15) is 20.3 Å². The molecule has 0 aliphatic heterocycles. The SMILES string of the molecule is CC1=C(C)C([SiH3])=CC1.[Li]. The summed E-state index contributed by atoms with van der Waals surface area (Å²) >= 11 is 0. The van der Waals surface area contributed by atoms with Crippen molar-refractivity contribution in [3.05, 3.63) is 22.4 Å². The minimum Gasteiger partial charge on any atom is -0.0820 e. The molecule has 1 aliphatic rings. The third kappa shape index (κ3) is 1.86. The third-order valence-corrected chi connectivity index (χ3v) is 3.10. The molecule has 1 aliphatic carbocycles. The van der Waals surface area contributed by atoms with Crippen molar-refractivity contribution in [3.63, 3.8) is 0 Å². The summed E-state index contributed by atoms with van der Waals surface area (Å²) in [5, 5.41) is 1.60. The van der Waals surface area contributed by atoms with Crippen molar-refractivity contribution in [2.24, 2.45) is 0 Å². The van der Waals surface area contributed by atoms with Crippen molar-refractivity contribution in [1.29, 1.82) is 0 Å². The molecule has 45 valence electrons. The summed E-state index contributed by atoms with van der Waals surface area (Å²) in [6.07, 6.45) is 3.56. The van der Waals surface area contributed by atoms with Crippen LogP contribution in [0.5, 0.6) is 0 Å². The molecule has 0 bridgehead atoms. The predicted molar refractivity (Wildman–Crippen MR) is 46.8 cm³/mol. The van der Waals surface area contributed by atoms with Crippen molar-refractivity contribution in [2.45, 2.75) is 20.3 Å². The van der Waals surface area contributed by atoms with Gasteiger partial charge in [-0.2, -0.15) is 0 Å². The van der Waals surface area contributed by atoms with Crippen LogP contribution >= 0.6 is 0 Å². The maximum atomic E-state index is 2.34. The van der Waals surface area contributed by atoms with Gasteiger partial charge in [-0.05, 0) is 20.3 Å². The van der Waals surface area contributed by atoms with E-state index in [1.54, 1.807) is 16.3 Å². The molecule has 0 aromatic carbocycles. The van der Waals surface area contributed by atoms with Gasteiger partial charge in [0.05, 0.1) is 0 Å². The first-order valence-electron chi connectivity index (χ1n) is 3.05. The van der Waals surface area contributed by atoms with Gasteiger partial charge in [0.15, 0.2) is 0 Å². The van der Waals surface area contributed by atoms with Gasteiger partial charge in [-0.25, -0.2) is 0 Å². The van der Waals surface area contributed by atoms with E-state index >= 15 is 0 Å². The molecular formula is C7H12LiSi. The summed E-state index contributed by atoms with van der Waals surface area (Å²) in [4.78, 5) is 0. The van der Waals surface area contributed by atoms with E-state index in [1.165, 1.54) is 16.7 Å². The Balaban J connectivity index is 0.000000640. The van der Waals surface area contributed by atoms with Crippen LogP contribution in [0.3, 0.4) is 0 Å². The number of rotatable bonds is 0. The van der Waals surface area contributed by atoms with Crippen LogP contribution in [-0.2, 0) is 0 Å². The van der Waals surface area contributed by atoms with Crippen LogP contribution in [-0.4, -0.2) is 29.1 Å². The van der Waals surface area contributed by atoms with Crippen LogP contribution in [0.25, 0.3) is 0 Å². The Bertz CT molecular complexity index is 162. The normalized spacial score (nSPS) is 17.8. The van der Waals surface area contributed by atoms with Gasteiger partial charge in [0, 0.05) is 29.1 Å². The predicted octanol–water partition coefficient (Wildman–Crippen LogP) is 0.595.